The molecule has 92 valence electrons. The van der Waals surface area contributed by atoms with Crippen LogP contribution in [0.1, 0.15) is 29.9 Å². The summed E-state index contributed by atoms with van der Waals surface area (Å²) in [5.41, 5.74) is 0.892. The molecule has 2 aromatic heterocycles. The number of thiophene rings is 1. The smallest absolute Gasteiger partial charge is 0.0868 e. The van der Waals surface area contributed by atoms with Crippen molar-refractivity contribution in [3.8, 4) is 0 Å². The number of aryl methyl sites for hydroxylation is 1. The maximum atomic E-state index is 10.1. The van der Waals surface area contributed by atoms with Crippen molar-refractivity contribution < 1.29 is 5.11 Å². The normalized spacial score (nSPS) is 12.9. The fourth-order valence-corrected chi connectivity index (χ4v) is 3.19. The number of aromatic nitrogens is 2. The molecule has 2 heterocycles. The molecule has 17 heavy (non-hydrogen) atoms. The van der Waals surface area contributed by atoms with E-state index in [1.165, 1.54) is 4.88 Å². The van der Waals surface area contributed by atoms with Crippen LogP contribution >= 0.6 is 27.3 Å². The predicted molar refractivity (Wildman–Crippen MR) is 73.2 cm³/mol. The van der Waals surface area contributed by atoms with Crippen molar-refractivity contribution in [3.05, 3.63) is 38.8 Å². The monoisotopic (exact) mass is 314 g/mol. The highest BCUT2D eigenvalue weighted by atomic mass is 79.9. The number of aliphatic hydroxyl groups is 1. The van der Waals surface area contributed by atoms with Crippen molar-refractivity contribution in [2.75, 3.05) is 0 Å². The summed E-state index contributed by atoms with van der Waals surface area (Å²) in [7, 11) is 0. The Morgan fingerprint density at radius 2 is 2.35 bits per heavy atom. The van der Waals surface area contributed by atoms with Crippen LogP contribution in [0.15, 0.2) is 28.3 Å². The van der Waals surface area contributed by atoms with E-state index in [0.717, 1.165) is 22.3 Å². The van der Waals surface area contributed by atoms with E-state index in [0.29, 0.717) is 6.42 Å². The van der Waals surface area contributed by atoms with E-state index < -0.39 is 6.10 Å². The molecule has 0 aromatic carbocycles. The van der Waals surface area contributed by atoms with Crippen molar-refractivity contribution in [1.82, 2.24) is 9.78 Å². The van der Waals surface area contributed by atoms with Gasteiger partial charge in [0.1, 0.15) is 0 Å². The Labute approximate surface area is 113 Å². The Bertz CT molecular complexity index is 480. The van der Waals surface area contributed by atoms with Crippen LogP contribution in [-0.4, -0.2) is 14.9 Å². The molecule has 5 heteroatoms. The first-order chi connectivity index (χ1) is 8.19. The second kappa shape index (κ2) is 5.80. The lowest BCUT2D eigenvalue weighted by atomic mass is 10.1. The van der Waals surface area contributed by atoms with Crippen molar-refractivity contribution in [3.63, 3.8) is 0 Å². The standard InChI is InChI=1S/C12H15BrN2OS/c1-2-5-15-8-9(7-14-15)11(16)6-10-3-4-12(13)17-10/h3-4,7-8,11,16H,2,5-6H2,1H3. The summed E-state index contributed by atoms with van der Waals surface area (Å²) in [5, 5.41) is 14.3. The van der Waals surface area contributed by atoms with Gasteiger partial charge in [-0.25, -0.2) is 0 Å². The Morgan fingerprint density at radius 3 is 3.00 bits per heavy atom. The maximum Gasteiger partial charge on any atom is 0.0868 e. The van der Waals surface area contributed by atoms with Crippen LogP contribution in [0, 0.1) is 0 Å². The fraction of sp³-hybridized carbons (Fsp3) is 0.417. The molecule has 1 atom stereocenters. The number of halogens is 1. The van der Waals surface area contributed by atoms with Crippen molar-refractivity contribution in [1.29, 1.82) is 0 Å². The average Bonchev–Trinajstić information content (AvgIpc) is 2.88. The molecule has 2 aromatic rings. The van der Waals surface area contributed by atoms with Crippen LogP contribution < -0.4 is 0 Å². The minimum atomic E-state index is -0.467. The van der Waals surface area contributed by atoms with Gasteiger partial charge in [-0.2, -0.15) is 5.10 Å². The largest absolute Gasteiger partial charge is 0.388 e. The molecule has 0 aliphatic carbocycles. The summed E-state index contributed by atoms with van der Waals surface area (Å²) in [5.74, 6) is 0. The second-order valence-corrected chi connectivity index (χ2v) is 6.51. The SMILES string of the molecule is CCCn1cc(C(O)Cc2ccc(Br)s2)cn1. The van der Waals surface area contributed by atoms with Gasteiger partial charge in [0.2, 0.25) is 0 Å². The molecule has 0 saturated heterocycles. The lowest BCUT2D eigenvalue weighted by Gasteiger charge is -2.05. The van der Waals surface area contributed by atoms with E-state index >= 15 is 0 Å². The Balaban J connectivity index is 2.01. The number of hydrogen-bond donors (Lipinski definition) is 1. The third-order valence-electron chi connectivity index (χ3n) is 2.51. The molecule has 0 spiro atoms. The van der Waals surface area contributed by atoms with Crippen LogP contribution in [0.5, 0.6) is 0 Å². The van der Waals surface area contributed by atoms with E-state index in [-0.39, 0.29) is 0 Å². The highest BCUT2D eigenvalue weighted by Crippen LogP contribution is 2.26. The van der Waals surface area contributed by atoms with Gasteiger partial charge in [0, 0.05) is 29.6 Å². The molecule has 0 bridgehead atoms. The van der Waals surface area contributed by atoms with Gasteiger partial charge >= 0.3 is 0 Å². The van der Waals surface area contributed by atoms with Gasteiger partial charge in [-0.05, 0) is 34.5 Å². The maximum absolute atomic E-state index is 10.1. The molecule has 2 rings (SSSR count). The molecule has 1 N–H and O–H groups in total. The van der Waals surface area contributed by atoms with E-state index in [1.54, 1.807) is 17.5 Å². The topological polar surface area (TPSA) is 38.0 Å². The molecule has 0 amide bonds. The number of aliphatic hydroxyl groups excluding tert-OH is 1. The van der Waals surface area contributed by atoms with Gasteiger partial charge in [0.05, 0.1) is 16.1 Å². The fourth-order valence-electron chi connectivity index (χ4n) is 1.67. The van der Waals surface area contributed by atoms with Gasteiger partial charge in [0.15, 0.2) is 0 Å². The van der Waals surface area contributed by atoms with Gasteiger partial charge in [-0.3, -0.25) is 4.68 Å². The van der Waals surface area contributed by atoms with E-state index in [2.05, 4.69) is 28.0 Å². The first kappa shape index (κ1) is 12.8. The van der Waals surface area contributed by atoms with Crippen LogP contribution in [0.4, 0.5) is 0 Å². The van der Waals surface area contributed by atoms with Gasteiger partial charge in [0.25, 0.3) is 0 Å². The summed E-state index contributed by atoms with van der Waals surface area (Å²) < 4.78 is 2.98. The summed E-state index contributed by atoms with van der Waals surface area (Å²) in [6, 6.07) is 4.04. The Kier molecular flexibility index (Phi) is 4.36. The molecule has 0 radical (unpaired) electrons. The number of rotatable bonds is 5. The average molecular weight is 315 g/mol. The lowest BCUT2D eigenvalue weighted by molar-refractivity contribution is 0.179. The molecule has 0 saturated carbocycles. The predicted octanol–water partition coefficient (Wildman–Crippen LogP) is 3.39. The lowest BCUT2D eigenvalue weighted by Crippen LogP contribution is -2.00. The highest BCUT2D eigenvalue weighted by Gasteiger charge is 2.12. The third-order valence-corrected chi connectivity index (χ3v) is 4.16. The summed E-state index contributed by atoms with van der Waals surface area (Å²) >= 11 is 5.08. The summed E-state index contributed by atoms with van der Waals surface area (Å²) in [4.78, 5) is 1.17. The molecule has 1 unspecified atom stereocenters. The van der Waals surface area contributed by atoms with E-state index in [9.17, 15) is 5.11 Å². The van der Waals surface area contributed by atoms with Crippen molar-refractivity contribution in [2.24, 2.45) is 0 Å². The van der Waals surface area contributed by atoms with Crippen LogP contribution in [-0.2, 0) is 13.0 Å². The van der Waals surface area contributed by atoms with E-state index in [4.69, 9.17) is 0 Å². The summed E-state index contributed by atoms with van der Waals surface area (Å²) in [6.45, 7) is 3.01. The minimum Gasteiger partial charge on any atom is -0.388 e. The van der Waals surface area contributed by atoms with Gasteiger partial charge in [-0.15, -0.1) is 11.3 Å². The number of hydrogen-bond acceptors (Lipinski definition) is 3. The van der Waals surface area contributed by atoms with Gasteiger partial charge in [-0.1, -0.05) is 6.92 Å². The van der Waals surface area contributed by atoms with Crippen LogP contribution in [0.3, 0.4) is 0 Å². The van der Waals surface area contributed by atoms with Crippen LogP contribution in [0.25, 0.3) is 0 Å². The Hall–Kier alpha value is -0.650. The van der Waals surface area contributed by atoms with E-state index in [1.807, 2.05) is 23.0 Å². The third kappa shape index (κ3) is 3.40. The molecule has 0 aliphatic heterocycles. The molecule has 0 fully saturated rings. The number of nitrogens with zero attached hydrogens (tertiary/aromatic N) is 2. The quantitative estimate of drug-likeness (QED) is 0.918. The van der Waals surface area contributed by atoms with Crippen molar-refractivity contribution >= 4 is 27.3 Å². The van der Waals surface area contributed by atoms with Crippen LogP contribution in [0.2, 0.25) is 0 Å². The van der Waals surface area contributed by atoms with Gasteiger partial charge < -0.3 is 5.11 Å². The molecular weight excluding hydrogens is 300 g/mol. The highest BCUT2D eigenvalue weighted by molar-refractivity contribution is 9.11. The first-order valence-electron chi connectivity index (χ1n) is 5.63. The zero-order valence-corrected chi connectivity index (χ0v) is 12.0. The molecule has 3 nitrogen and oxygen atoms in total. The molecule has 0 aliphatic rings. The second-order valence-electron chi connectivity index (χ2n) is 3.96. The summed E-state index contributed by atoms with van der Waals surface area (Å²) in [6.07, 6.45) is 4.91. The molecular formula is C12H15BrN2OS. The zero-order chi connectivity index (χ0) is 12.3. The minimum absolute atomic E-state index is 0.467. The zero-order valence-electron chi connectivity index (χ0n) is 9.64. The van der Waals surface area contributed by atoms with Crippen molar-refractivity contribution in [2.45, 2.75) is 32.4 Å². The first-order valence-corrected chi connectivity index (χ1v) is 7.24. The Morgan fingerprint density at radius 1 is 1.53 bits per heavy atom.